The molecule has 2 atom stereocenters. The lowest BCUT2D eigenvalue weighted by Gasteiger charge is -2.38. The molecular weight excluding hydrogens is 485 g/mol. The molecule has 0 bridgehead atoms. The van der Waals surface area contributed by atoms with Crippen molar-refractivity contribution in [2.24, 2.45) is 5.41 Å². The number of hydrogen-bond acceptors (Lipinski definition) is 6. The molecule has 3 aliphatic rings. The maximum absolute atomic E-state index is 13.2. The molecule has 2 aromatic rings. The number of hydrogen-bond donors (Lipinski definition) is 2. The number of ether oxygens (including phenoxy) is 2. The summed E-state index contributed by atoms with van der Waals surface area (Å²) in [4.78, 5) is 9.12. The smallest absolute Gasteiger partial charge is 0.388 e. The van der Waals surface area contributed by atoms with Crippen LogP contribution in [0.1, 0.15) is 97.0 Å². The summed E-state index contributed by atoms with van der Waals surface area (Å²) in [7, 11) is 0. The van der Waals surface area contributed by atoms with Gasteiger partial charge in [0.05, 0.1) is 36.3 Å². The van der Waals surface area contributed by atoms with Gasteiger partial charge in [-0.05, 0) is 60.8 Å². The quantitative estimate of drug-likeness (QED) is 0.573. The molecule has 0 amide bonds. The van der Waals surface area contributed by atoms with Gasteiger partial charge in [-0.25, -0.2) is 0 Å². The number of nitrogens with zero attached hydrogens (tertiary/aromatic N) is 2. The maximum atomic E-state index is 13.2. The van der Waals surface area contributed by atoms with Crippen LogP contribution in [0.2, 0.25) is 0 Å². The van der Waals surface area contributed by atoms with Crippen molar-refractivity contribution in [1.82, 2.24) is 9.97 Å². The zero-order chi connectivity index (χ0) is 26.4. The van der Waals surface area contributed by atoms with E-state index >= 15 is 0 Å². The molecule has 2 aromatic heterocycles. The SMILES string of the molecule is CC1(C)Cc2nc(C3CCOCC3)c([C@@H](O)c3ccc(C(F)(F)F)cn3)c(C3=CCOCC3)c2C(O)C1. The van der Waals surface area contributed by atoms with Gasteiger partial charge in [-0.3, -0.25) is 9.97 Å². The average molecular weight is 519 g/mol. The molecule has 200 valence electrons. The summed E-state index contributed by atoms with van der Waals surface area (Å²) in [6.45, 7) is 6.27. The number of rotatable bonds is 4. The van der Waals surface area contributed by atoms with E-state index in [0.717, 1.165) is 47.6 Å². The fourth-order valence-corrected chi connectivity index (χ4v) is 5.87. The average Bonchev–Trinajstić information content (AvgIpc) is 2.87. The summed E-state index contributed by atoms with van der Waals surface area (Å²) in [5, 5.41) is 23.1. The van der Waals surface area contributed by atoms with Crippen molar-refractivity contribution in [1.29, 1.82) is 0 Å². The number of aliphatic hydroxyl groups is 2. The molecule has 1 unspecified atom stereocenters. The lowest BCUT2D eigenvalue weighted by atomic mass is 9.71. The Hall–Kier alpha value is -2.33. The summed E-state index contributed by atoms with van der Waals surface area (Å²) in [5.41, 5.74) is 3.60. The topological polar surface area (TPSA) is 84.7 Å². The molecule has 9 heteroatoms. The molecule has 1 fully saturated rings. The van der Waals surface area contributed by atoms with Gasteiger partial charge in [0.25, 0.3) is 0 Å². The Labute approximate surface area is 214 Å². The molecule has 1 saturated heterocycles. The molecule has 5 rings (SSSR count). The first-order valence-corrected chi connectivity index (χ1v) is 12.9. The Morgan fingerprint density at radius 3 is 2.49 bits per heavy atom. The third-order valence-electron chi connectivity index (χ3n) is 7.67. The van der Waals surface area contributed by atoms with Crippen LogP contribution in [0.5, 0.6) is 0 Å². The van der Waals surface area contributed by atoms with E-state index in [-0.39, 0.29) is 17.0 Å². The van der Waals surface area contributed by atoms with E-state index in [0.29, 0.717) is 56.8 Å². The van der Waals surface area contributed by atoms with Gasteiger partial charge in [0, 0.05) is 42.1 Å². The van der Waals surface area contributed by atoms with Gasteiger partial charge in [0.1, 0.15) is 6.10 Å². The molecule has 6 nitrogen and oxygen atoms in total. The van der Waals surface area contributed by atoms with Crippen LogP contribution < -0.4 is 0 Å². The largest absolute Gasteiger partial charge is 0.417 e. The van der Waals surface area contributed by atoms with Crippen molar-refractivity contribution < 1.29 is 32.9 Å². The van der Waals surface area contributed by atoms with Gasteiger partial charge >= 0.3 is 6.18 Å². The fraction of sp³-hybridized carbons (Fsp3) is 0.571. The van der Waals surface area contributed by atoms with Gasteiger partial charge in [-0.2, -0.15) is 13.2 Å². The van der Waals surface area contributed by atoms with Crippen molar-refractivity contribution in [3.05, 3.63) is 63.7 Å². The van der Waals surface area contributed by atoms with Crippen LogP contribution in [0.25, 0.3) is 5.57 Å². The van der Waals surface area contributed by atoms with E-state index in [1.807, 2.05) is 6.08 Å². The van der Waals surface area contributed by atoms with Crippen LogP contribution in [0.3, 0.4) is 0 Å². The fourth-order valence-electron chi connectivity index (χ4n) is 5.87. The summed E-state index contributed by atoms with van der Waals surface area (Å²) >= 11 is 0. The van der Waals surface area contributed by atoms with Crippen LogP contribution >= 0.6 is 0 Å². The van der Waals surface area contributed by atoms with Crippen molar-refractivity contribution in [2.75, 3.05) is 26.4 Å². The number of halogens is 3. The summed E-state index contributed by atoms with van der Waals surface area (Å²) in [6.07, 6.45) is -0.617. The molecule has 4 heterocycles. The molecule has 0 aromatic carbocycles. The lowest BCUT2D eigenvalue weighted by Crippen LogP contribution is -2.31. The van der Waals surface area contributed by atoms with E-state index in [9.17, 15) is 23.4 Å². The van der Waals surface area contributed by atoms with E-state index in [4.69, 9.17) is 14.5 Å². The van der Waals surface area contributed by atoms with E-state index in [1.54, 1.807) is 0 Å². The molecule has 1 aliphatic carbocycles. The first-order chi connectivity index (χ1) is 17.5. The third-order valence-corrected chi connectivity index (χ3v) is 7.67. The van der Waals surface area contributed by atoms with Crippen molar-refractivity contribution in [2.45, 2.75) is 70.3 Å². The van der Waals surface area contributed by atoms with Gasteiger partial charge in [0.2, 0.25) is 0 Å². The molecule has 0 radical (unpaired) electrons. The molecular formula is C28H33F3N2O4. The predicted molar refractivity (Wildman–Crippen MR) is 131 cm³/mol. The summed E-state index contributed by atoms with van der Waals surface area (Å²) in [6, 6.07) is 2.17. The second-order valence-electron chi connectivity index (χ2n) is 11.0. The van der Waals surface area contributed by atoms with Crippen molar-refractivity contribution in [3.8, 4) is 0 Å². The van der Waals surface area contributed by atoms with E-state index < -0.39 is 23.9 Å². The molecule has 0 spiro atoms. The zero-order valence-corrected chi connectivity index (χ0v) is 21.1. The van der Waals surface area contributed by atoms with Crippen molar-refractivity contribution in [3.63, 3.8) is 0 Å². The van der Waals surface area contributed by atoms with Crippen LogP contribution in [0.15, 0.2) is 24.4 Å². The van der Waals surface area contributed by atoms with Gasteiger partial charge in [0.15, 0.2) is 0 Å². The first kappa shape index (κ1) is 26.3. The van der Waals surface area contributed by atoms with Crippen LogP contribution in [-0.2, 0) is 22.1 Å². The summed E-state index contributed by atoms with van der Waals surface area (Å²) in [5.74, 6) is 0.0134. The van der Waals surface area contributed by atoms with E-state index in [1.165, 1.54) is 6.07 Å². The van der Waals surface area contributed by atoms with E-state index in [2.05, 4.69) is 18.8 Å². The monoisotopic (exact) mass is 518 g/mol. The van der Waals surface area contributed by atoms with Crippen molar-refractivity contribution >= 4 is 5.57 Å². The Balaban J connectivity index is 1.74. The minimum Gasteiger partial charge on any atom is -0.388 e. The highest BCUT2D eigenvalue weighted by Crippen LogP contribution is 2.48. The minimum absolute atomic E-state index is 0.0134. The Morgan fingerprint density at radius 1 is 1.11 bits per heavy atom. The number of aromatic nitrogens is 2. The molecule has 37 heavy (non-hydrogen) atoms. The Bertz CT molecular complexity index is 1170. The Morgan fingerprint density at radius 2 is 1.86 bits per heavy atom. The predicted octanol–water partition coefficient (Wildman–Crippen LogP) is 5.28. The molecule has 0 saturated carbocycles. The first-order valence-electron chi connectivity index (χ1n) is 12.9. The highest BCUT2D eigenvalue weighted by molar-refractivity contribution is 5.74. The van der Waals surface area contributed by atoms with Gasteiger partial charge in [-0.1, -0.05) is 19.9 Å². The third kappa shape index (κ3) is 5.32. The van der Waals surface area contributed by atoms with Gasteiger partial charge < -0.3 is 19.7 Å². The number of alkyl halides is 3. The second-order valence-corrected chi connectivity index (χ2v) is 11.0. The van der Waals surface area contributed by atoms with Crippen LogP contribution in [0.4, 0.5) is 13.2 Å². The van der Waals surface area contributed by atoms with Gasteiger partial charge in [-0.15, -0.1) is 0 Å². The van der Waals surface area contributed by atoms with Crippen LogP contribution in [-0.4, -0.2) is 46.6 Å². The number of fused-ring (bicyclic) bond motifs is 1. The van der Waals surface area contributed by atoms with Crippen LogP contribution in [0, 0.1) is 5.41 Å². The number of aliphatic hydroxyl groups excluding tert-OH is 2. The molecule has 2 aliphatic heterocycles. The highest BCUT2D eigenvalue weighted by Gasteiger charge is 2.39. The lowest BCUT2D eigenvalue weighted by molar-refractivity contribution is -0.137. The summed E-state index contributed by atoms with van der Waals surface area (Å²) < 4.78 is 50.7. The second kappa shape index (κ2) is 10.1. The molecule has 2 N–H and O–H groups in total. The normalized spacial score (nSPS) is 23.3. The minimum atomic E-state index is -4.52. The maximum Gasteiger partial charge on any atom is 0.417 e. The zero-order valence-electron chi connectivity index (χ0n) is 21.1. The Kier molecular flexibility index (Phi) is 7.17. The highest BCUT2D eigenvalue weighted by atomic mass is 19.4. The standard InChI is InChI=1S/C28H33F3N2O4/c1-27(2)13-20-23(21(34)14-27)22(16-5-9-36-10-6-16)24(25(33-20)17-7-11-37-12-8-17)26(35)19-4-3-18(15-32-19)28(29,30)31/h3-5,15,17,21,26,34-35H,6-14H2,1-2H3/t21?,26-/m0/s1. The number of pyridine rings is 2.